The molecule has 0 aliphatic rings. The molecule has 0 fully saturated rings. The third-order valence-corrected chi connectivity index (χ3v) is 4.46. The molecule has 0 unspecified atom stereocenters. The quantitative estimate of drug-likeness (QED) is 0.789. The summed E-state index contributed by atoms with van der Waals surface area (Å²) in [6, 6.07) is 4.19. The lowest BCUT2D eigenvalue weighted by molar-refractivity contribution is 0.00504. The third kappa shape index (κ3) is 2.75. The Morgan fingerprint density at radius 1 is 1.22 bits per heavy atom. The minimum Gasteiger partial charge on any atom is -0.429 e. The molecule has 2 aromatic heterocycles. The number of rotatable bonds is 3. The number of pyridine rings is 1. The molecule has 0 spiro atoms. The predicted octanol–water partition coefficient (Wildman–Crippen LogP) is 3.38. The van der Waals surface area contributed by atoms with Gasteiger partial charge in [0.1, 0.15) is 4.83 Å². The van der Waals surface area contributed by atoms with Gasteiger partial charge in [-0.05, 0) is 36.2 Å². The van der Waals surface area contributed by atoms with Gasteiger partial charge in [0.2, 0.25) is 0 Å². The normalized spacial score (nSPS) is 12.9. The summed E-state index contributed by atoms with van der Waals surface area (Å²) in [5.74, 6) is 0. The van der Waals surface area contributed by atoms with Crippen molar-refractivity contribution in [2.45, 2.75) is 40.2 Å². The maximum absolute atomic E-state index is 5.94. The van der Waals surface area contributed by atoms with Crippen LogP contribution < -0.4 is 5.46 Å². The first kappa shape index (κ1) is 13.6. The molecule has 0 saturated heterocycles. The first-order valence-electron chi connectivity index (χ1n) is 6.14. The molecule has 0 aliphatic heterocycles. The van der Waals surface area contributed by atoms with E-state index in [0.717, 1.165) is 10.3 Å². The van der Waals surface area contributed by atoms with E-state index in [2.05, 4.69) is 57.1 Å². The zero-order chi connectivity index (χ0) is 13.4. The minimum absolute atomic E-state index is 0.0867. The summed E-state index contributed by atoms with van der Waals surface area (Å²) in [5, 5.41) is 3.23. The maximum Gasteiger partial charge on any atom is 0.332 e. The van der Waals surface area contributed by atoms with Gasteiger partial charge in [-0.1, -0.05) is 26.8 Å². The Labute approximate surface area is 114 Å². The molecule has 2 nitrogen and oxygen atoms in total. The Hall–Kier alpha value is -0.865. The standard InChI is InChI=1S/C14H19BNOS/c1-13(2,3)14(4,5)17-15-11-8-10-6-7-18-12(10)16-9-11/h6-9H,1-5H3. The van der Waals surface area contributed by atoms with Gasteiger partial charge in [-0.2, -0.15) is 0 Å². The first-order chi connectivity index (χ1) is 8.29. The number of aromatic nitrogens is 1. The van der Waals surface area contributed by atoms with Crippen LogP contribution in [0.1, 0.15) is 34.6 Å². The molecule has 0 aliphatic carbocycles. The van der Waals surface area contributed by atoms with E-state index in [4.69, 9.17) is 4.65 Å². The number of thiophene rings is 1. The highest BCUT2D eigenvalue weighted by Gasteiger charge is 2.33. The zero-order valence-corrected chi connectivity index (χ0v) is 12.5. The molecule has 0 atom stereocenters. The average molecular weight is 260 g/mol. The van der Waals surface area contributed by atoms with Crippen LogP contribution in [0.15, 0.2) is 23.7 Å². The highest BCUT2D eigenvalue weighted by atomic mass is 32.1. The van der Waals surface area contributed by atoms with Gasteiger partial charge in [-0.3, -0.25) is 0 Å². The van der Waals surface area contributed by atoms with E-state index >= 15 is 0 Å². The van der Waals surface area contributed by atoms with Crippen LogP contribution in [0.3, 0.4) is 0 Å². The van der Waals surface area contributed by atoms with Crippen molar-refractivity contribution >= 4 is 34.5 Å². The van der Waals surface area contributed by atoms with Crippen molar-refractivity contribution in [3.8, 4) is 0 Å². The molecule has 0 bridgehead atoms. The van der Waals surface area contributed by atoms with Crippen LogP contribution >= 0.6 is 11.3 Å². The van der Waals surface area contributed by atoms with Crippen LogP contribution in [0.2, 0.25) is 0 Å². The Morgan fingerprint density at radius 3 is 2.61 bits per heavy atom. The molecule has 0 N–H and O–H groups in total. The molecular weight excluding hydrogens is 241 g/mol. The summed E-state index contributed by atoms with van der Waals surface area (Å²) in [4.78, 5) is 5.48. The molecule has 0 aromatic carbocycles. The van der Waals surface area contributed by atoms with Crippen molar-refractivity contribution in [3.63, 3.8) is 0 Å². The Bertz CT molecular complexity index is 542. The minimum atomic E-state index is -0.212. The van der Waals surface area contributed by atoms with E-state index in [0.29, 0.717) is 0 Å². The monoisotopic (exact) mass is 260 g/mol. The van der Waals surface area contributed by atoms with E-state index in [1.807, 2.05) is 13.7 Å². The summed E-state index contributed by atoms with van der Waals surface area (Å²) < 4.78 is 5.94. The molecular formula is C14H19BNOS. The molecule has 2 heterocycles. The first-order valence-corrected chi connectivity index (χ1v) is 7.02. The molecule has 2 rings (SSSR count). The number of nitrogens with zero attached hydrogens (tertiary/aromatic N) is 1. The van der Waals surface area contributed by atoms with Crippen LogP contribution in [0.4, 0.5) is 0 Å². The smallest absolute Gasteiger partial charge is 0.332 e. The van der Waals surface area contributed by atoms with E-state index in [9.17, 15) is 0 Å². The van der Waals surface area contributed by atoms with Crippen molar-refractivity contribution < 1.29 is 4.65 Å². The van der Waals surface area contributed by atoms with E-state index < -0.39 is 0 Å². The van der Waals surface area contributed by atoms with Crippen molar-refractivity contribution in [3.05, 3.63) is 23.7 Å². The van der Waals surface area contributed by atoms with E-state index in [-0.39, 0.29) is 11.0 Å². The van der Waals surface area contributed by atoms with Crippen LogP contribution in [0, 0.1) is 5.41 Å². The van der Waals surface area contributed by atoms with Crippen molar-refractivity contribution in [1.29, 1.82) is 0 Å². The summed E-state index contributed by atoms with van der Waals surface area (Å²) in [6.07, 6.45) is 1.86. The second kappa shape index (κ2) is 4.67. The van der Waals surface area contributed by atoms with Gasteiger partial charge in [-0.25, -0.2) is 4.98 Å². The second-order valence-corrected chi connectivity index (χ2v) is 6.97. The Morgan fingerprint density at radius 2 is 1.94 bits per heavy atom. The van der Waals surface area contributed by atoms with Gasteiger partial charge in [0.25, 0.3) is 0 Å². The van der Waals surface area contributed by atoms with Gasteiger partial charge >= 0.3 is 7.48 Å². The van der Waals surface area contributed by atoms with E-state index in [1.165, 1.54) is 5.39 Å². The number of hydrogen-bond donors (Lipinski definition) is 0. The van der Waals surface area contributed by atoms with Crippen molar-refractivity contribution in [2.24, 2.45) is 5.41 Å². The van der Waals surface area contributed by atoms with Gasteiger partial charge in [0.05, 0.1) is 5.60 Å². The lowest BCUT2D eigenvalue weighted by Crippen LogP contribution is -2.42. The fourth-order valence-electron chi connectivity index (χ4n) is 1.33. The van der Waals surface area contributed by atoms with Crippen LogP contribution in [-0.2, 0) is 4.65 Å². The largest absolute Gasteiger partial charge is 0.429 e. The molecule has 1 radical (unpaired) electrons. The fraction of sp³-hybridized carbons (Fsp3) is 0.500. The molecule has 95 valence electrons. The van der Waals surface area contributed by atoms with Gasteiger partial charge in [0, 0.05) is 11.6 Å². The number of hydrogen-bond acceptors (Lipinski definition) is 3. The second-order valence-electron chi connectivity index (χ2n) is 6.08. The Kier molecular flexibility index (Phi) is 3.52. The molecule has 4 heteroatoms. The fourth-order valence-corrected chi connectivity index (χ4v) is 2.05. The summed E-state index contributed by atoms with van der Waals surface area (Å²) in [5.41, 5.74) is 0.887. The molecule has 0 amide bonds. The summed E-state index contributed by atoms with van der Waals surface area (Å²) in [7, 11) is 1.81. The highest BCUT2D eigenvalue weighted by molar-refractivity contribution is 7.16. The molecule has 2 aromatic rings. The lowest BCUT2D eigenvalue weighted by Gasteiger charge is -2.39. The predicted molar refractivity (Wildman–Crippen MR) is 79.6 cm³/mol. The summed E-state index contributed by atoms with van der Waals surface area (Å²) >= 11 is 1.66. The summed E-state index contributed by atoms with van der Waals surface area (Å²) in [6.45, 7) is 10.8. The Balaban J connectivity index is 2.10. The third-order valence-electron chi connectivity index (χ3n) is 3.62. The average Bonchev–Trinajstić information content (AvgIpc) is 2.71. The zero-order valence-electron chi connectivity index (χ0n) is 11.7. The SMILES string of the molecule is CC(C)(C)C(C)(C)O[B]c1cnc2sccc2c1. The van der Waals surface area contributed by atoms with Crippen LogP contribution in [0.5, 0.6) is 0 Å². The molecule has 18 heavy (non-hydrogen) atoms. The van der Waals surface area contributed by atoms with Crippen molar-refractivity contribution in [2.75, 3.05) is 0 Å². The lowest BCUT2D eigenvalue weighted by atomic mass is 9.76. The van der Waals surface area contributed by atoms with E-state index in [1.54, 1.807) is 11.3 Å². The van der Waals surface area contributed by atoms with Gasteiger partial charge < -0.3 is 4.65 Å². The van der Waals surface area contributed by atoms with Crippen LogP contribution in [0.25, 0.3) is 10.2 Å². The van der Waals surface area contributed by atoms with Crippen LogP contribution in [-0.4, -0.2) is 18.1 Å². The van der Waals surface area contributed by atoms with Crippen molar-refractivity contribution in [1.82, 2.24) is 4.98 Å². The number of fused-ring (bicyclic) bond motifs is 1. The van der Waals surface area contributed by atoms with Gasteiger partial charge in [0.15, 0.2) is 0 Å². The van der Waals surface area contributed by atoms with Gasteiger partial charge in [-0.15, -0.1) is 11.3 Å². The topological polar surface area (TPSA) is 22.1 Å². The highest BCUT2D eigenvalue weighted by Crippen LogP contribution is 2.32. The maximum atomic E-state index is 5.94. The molecule has 0 saturated carbocycles.